The Morgan fingerprint density at radius 3 is 2.82 bits per heavy atom. The lowest BCUT2D eigenvalue weighted by Gasteiger charge is -2.31. The van der Waals surface area contributed by atoms with Gasteiger partial charge in [0.1, 0.15) is 6.61 Å². The monoisotopic (exact) mass is 443 g/mol. The number of carbonyl (C=O) groups is 1. The van der Waals surface area contributed by atoms with Crippen LogP contribution in [0.25, 0.3) is 28.4 Å². The molecule has 6 rings (SSSR count). The van der Waals surface area contributed by atoms with Crippen LogP contribution in [-0.4, -0.2) is 27.2 Å². The van der Waals surface area contributed by atoms with E-state index in [1.807, 2.05) is 12.1 Å². The molecular formula is C26H25N3O4. The van der Waals surface area contributed by atoms with Crippen LogP contribution in [-0.2, 0) is 41.1 Å². The van der Waals surface area contributed by atoms with E-state index in [9.17, 15) is 14.7 Å². The van der Waals surface area contributed by atoms with Crippen molar-refractivity contribution in [1.29, 1.82) is 0 Å². The van der Waals surface area contributed by atoms with E-state index in [1.165, 1.54) is 22.1 Å². The molecule has 3 aromatic rings. The summed E-state index contributed by atoms with van der Waals surface area (Å²) in [4.78, 5) is 30.8. The summed E-state index contributed by atoms with van der Waals surface area (Å²) in [5, 5.41) is 12.3. The number of carbonyl (C=O) groups excluding carboxylic acids is 1. The molecule has 0 spiro atoms. The number of cyclic esters (lactones) is 1. The Kier molecular flexibility index (Phi) is 4.38. The van der Waals surface area contributed by atoms with E-state index in [-0.39, 0.29) is 18.6 Å². The summed E-state index contributed by atoms with van der Waals surface area (Å²) in [6.07, 6.45) is 7.12. The van der Waals surface area contributed by atoms with E-state index in [0.717, 1.165) is 36.0 Å². The minimum absolute atomic E-state index is 0.116. The number of ether oxygens (including phenoxy) is 1. The summed E-state index contributed by atoms with van der Waals surface area (Å²) >= 11 is 0. The van der Waals surface area contributed by atoms with Crippen molar-refractivity contribution in [3.8, 4) is 11.4 Å². The number of aliphatic hydroxyl groups is 1. The van der Waals surface area contributed by atoms with E-state index in [4.69, 9.17) is 15.5 Å². The zero-order valence-corrected chi connectivity index (χ0v) is 18.5. The first-order valence-corrected chi connectivity index (χ1v) is 11.5. The summed E-state index contributed by atoms with van der Waals surface area (Å²) in [6.45, 7) is 2.53. The van der Waals surface area contributed by atoms with Crippen molar-refractivity contribution in [3.63, 3.8) is 0 Å². The molecule has 168 valence electrons. The topological polar surface area (TPSA) is 107 Å². The molecule has 0 fully saturated rings. The predicted molar refractivity (Wildman–Crippen MR) is 125 cm³/mol. The molecule has 4 heterocycles. The number of benzene rings is 1. The Labute approximate surface area is 190 Å². The second-order valence-electron chi connectivity index (χ2n) is 9.04. The molecule has 0 saturated heterocycles. The second kappa shape index (κ2) is 7.10. The van der Waals surface area contributed by atoms with Crippen LogP contribution in [0.15, 0.2) is 29.1 Å². The van der Waals surface area contributed by atoms with Gasteiger partial charge < -0.3 is 20.1 Å². The number of aryl methyl sites for hydroxylation is 2. The van der Waals surface area contributed by atoms with Gasteiger partial charge >= 0.3 is 5.97 Å². The van der Waals surface area contributed by atoms with E-state index in [1.54, 1.807) is 17.6 Å². The highest BCUT2D eigenvalue weighted by Gasteiger charge is 2.45. The minimum atomic E-state index is -1.81. The number of hydrogen-bond donors (Lipinski definition) is 2. The summed E-state index contributed by atoms with van der Waals surface area (Å²) in [6, 6.07) is 5.89. The summed E-state index contributed by atoms with van der Waals surface area (Å²) < 4.78 is 6.89. The fourth-order valence-electron chi connectivity index (χ4n) is 5.69. The van der Waals surface area contributed by atoms with Crippen LogP contribution in [0.1, 0.15) is 53.1 Å². The second-order valence-corrected chi connectivity index (χ2v) is 9.04. The van der Waals surface area contributed by atoms with Crippen LogP contribution in [0.3, 0.4) is 0 Å². The lowest BCUT2D eigenvalue weighted by Crippen LogP contribution is -2.44. The van der Waals surface area contributed by atoms with Gasteiger partial charge in [-0.25, -0.2) is 9.78 Å². The Balaban J connectivity index is 1.62. The molecule has 7 nitrogen and oxygen atoms in total. The standard InChI is InChI=1S/C26H25N3O4/c1-2-26(32)19-11-21-23-17(12-29(21)24(30)18(19)13-33-25(26)31)16-7-3-6-15-14(5-4-10-27)8-9-20(28-23)22(15)16/h4-5,8-9,11,32H,2-3,6-7,10,12-13,27H2,1H3/b5-4+. The average molecular weight is 444 g/mol. The first kappa shape index (κ1) is 20.3. The quantitative estimate of drug-likeness (QED) is 0.471. The molecule has 3 aliphatic rings. The molecule has 1 aromatic carbocycles. The molecule has 7 heteroatoms. The lowest BCUT2D eigenvalue weighted by atomic mass is 9.84. The van der Waals surface area contributed by atoms with E-state index in [2.05, 4.69) is 12.1 Å². The zero-order valence-electron chi connectivity index (χ0n) is 18.5. The summed E-state index contributed by atoms with van der Waals surface area (Å²) in [5.74, 6) is -0.704. The first-order chi connectivity index (χ1) is 16.0. The SMILES string of the molecule is CCC1(O)C(=O)OCc2c1cc1n(c2=O)Cc2c-1nc1ccc(/C=C/CN)c3c1c2CCC3. The number of pyridine rings is 2. The third-order valence-corrected chi connectivity index (χ3v) is 7.40. The van der Waals surface area contributed by atoms with Crippen molar-refractivity contribution in [1.82, 2.24) is 9.55 Å². The molecule has 1 aliphatic carbocycles. The number of hydrogen-bond acceptors (Lipinski definition) is 6. The Bertz CT molecular complexity index is 1450. The smallest absolute Gasteiger partial charge is 0.343 e. The lowest BCUT2D eigenvalue weighted by molar-refractivity contribution is -0.172. The number of fused-ring (bicyclic) bond motifs is 5. The maximum absolute atomic E-state index is 13.4. The van der Waals surface area contributed by atoms with Crippen LogP contribution in [0.4, 0.5) is 0 Å². The Morgan fingerprint density at radius 2 is 2.03 bits per heavy atom. The fraction of sp³-hybridized carbons (Fsp3) is 0.346. The van der Waals surface area contributed by atoms with Gasteiger partial charge in [0, 0.05) is 23.1 Å². The molecule has 0 bridgehead atoms. The third kappa shape index (κ3) is 2.66. The predicted octanol–water partition coefficient (Wildman–Crippen LogP) is 2.54. The first-order valence-electron chi connectivity index (χ1n) is 11.5. The molecule has 2 aliphatic heterocycles. The normalized spacial score (nSPS) is 20.6. The molecular weight excluding hydrogens is 418 g/mol. The van der Waals surface area contributed by atoms with E-state index >= 15 is 0 Å². The number of nitrogens with zero attached hydrogens (tertiary/aromatic N) is 2. The van der Waals surface area contributed by atoms with Crippen LogP contribution >= 0.6 is 0 Å². The summed E-state index contributed by atoms with van der Waals surface area (Å²) in [7, 11) is 0. The van der Waals surface area contributed by atoms with Gasteiger partial charge in [0.25, 0.3) is 5.56 Å². The van der Waals surface area contributed by atoms with Crippen LogP contribution in [0.5, 0.6) is 0 Å². The van der Waals surface area contributed by atoms with Gasteiger partial charge in [-0.15, -0.1) is 0 Å². The van der Waals surface area contributed by atoms with E-state index < -0.39 is 11.6 Å². The highest BCUT2D eigenvalue weighted by atomic mass is 16.6. The third-order valence-electron chi connectivity index (χ3n) is 7.40. The summed E-state index contributed by atoms with van der Waals surface area (Å²) in [5.41, 5.74) is 11.4. The maximum Gasteiger partial charge on any atom is 0.343 e. The largest absolute Gasteiger partial charge is 0.458 e. The van der Waals surface area contributed by atoms with Crippen molar-refractivity contribution < 1.29 is 14.6 Å². The molecule has 0 radical (unpaired) electrons. The van der Waals surface area contributed by atoms with Crippen LogP contribution in [0, 0.1) is 0 Å². The highest BCUT2D eigenvalue weighted by Crippen LogP contribution is 2.42. The van der Waals surface area contributed by atoms with Gasteiger partial charge in [-0.3, -0.25) is 4.79 Å². The van der Waals surface area contributed by atoms with Gasteiger partial charge in [0.15, 0.2) is 5.60 Å². The van der Waals surface area contributed by atoms with Gasteiger partial charge in [0.2, 0.25) is 0 Å². The maximum atomic E-state index is 13.4. The molecule has 0 amide bonds. The van der Waals surface area contributed by atoms with Crippen LogP contribution in [0.2, 0.25) is 0 Å². The molecule has 2 aromatic heterocycles. The number of aromatic nitrogens is 2. The Hall–Kier alpha value is -3.29. The number of nitrogens with two attached hydrogens (primary N) is 1. The van der Waals surface area contributed by atoms with Crippen molar-refractivity contribution in [2.75, 3.05) is 6.54 Å². The number of esters is 1. The van der Waals surface area contributed by atoms with Gasteiger partial charge in [-0.05, 0) is 54.5 Å². The average Bonchev–Trinajstić information content (AvgIpc) is 3.21. The zero-order chi connectivity index (χ0) is 22.9. The molecule has 3 N–H and O–H groups in total. The van der Waals surface area contributed by atoms with Crippen molar-refractivity contribution in [3.05, 3.63) is 68.0 Å². The van der Waals surface area contributed by atoms with Crippen molar-refractivity contribution in [2.24, 2.45) is 5.73 Å². The van der Waals surface area contributed by atoms with Crippen LogP contribution < -0.4 is 11.3 Å². The molecule has 1 atom stereocenters. The fourth-order valence-corrected chi connectivity index (χ4v) is 5.69. The highest BCUT2D eigenvalue weighted by molar-refractivity contribution is 5.94. The van der Waals surface area contributed by atoms with Crippen molar-refractivity contribution in [2.45, 2.75) is 51.4 Å². The van der Waals surface area contributed by atoms with Crippen molar-refractivity contribution >= 4 is 22.9 Å². The minimum Gasteiger partial charge on any atom is -0.458 e. The number of rotatable bonds is 3. The van der Waals surface area contributed by atoms with Gasteiger partial charge in [-0.1, -0.05) is 25.1 Å². The molecule has 0 saturated carbocycles. The Morgan fingerprint density at radius 1 is 1.21 bits per heavy atom. The molecule has 33 heavy (non-hydrogen) atoms. The van der Waals surface area contributed by atoms with E-state index in [0.29, 0.717) is 29.9 Å². The van der Waals surface area contributed by atoms with Gasteiger partial charge in [-0.2, -0.15) is 0 Å². The molecule has 1 unspecified atom stereocenters. The van der Waals surface area contributed by atoms with Gasteiger partial charge in [0.05, 0.1) is 29.0 Å².